The van der Waals surface area contributed by atoms with Crippen molar-refractivity contribution in [2.45, 2.75) is 6.92 Å². The van der Waals surface area contributed by atoms with Gasteiger partial charge in [-0.3, -0.25) is 4.79 Å². The second kappa shape index (κ2) is 7.65. The van der Waals surface area contributed by atoms with Gasteiger partial charge >= 0.3 is 0 Å². The number of nitrogens with one attached hydrogen (secondary N) is 1. The lowest BCUT2D eigenvalue weighted by molar-refractivity contribution is 0.102. The molecule has 0 unspecified atom stereocenters. The Labute approximate surface area is 151 Å². The van der Waals surface area contributed by atoms with Gasteiger partial charge in [0.15, 0.2) is 0 Å². The van der Waals surface area contributed by atoms with Crippen LogP contribution in [0, 0.1) is 6.92 Å². The van der Waals surface area contributed by atoms with E-state index in [2.05, 4.69) is 15.5 Å². The molecule has 26 heavy (non-hydrogen) atoms. The second-order valence-electron chi connectivity index (χ2n) is 5.65. The number of aryl methyl sites for hydroxylation is 1. The van der Waals surface area contributed by atoms with Crippen molar-refractivity contribution in [1.29, 1.82) is 0 Å². The summed E-state index contributed by atoms with van der Waals surface area (Å²) in [5, 5.41) is 11.1. The molecule has 132 valence electrons. The highest BCUT2D eigenvalue weighted by Gasteiger charge is 2.13. The number of para-hydroxylation sites is 1. The van der Waals surface area contributed by atoms with E-state index in [-0.39, 0.29) is 5.91 Å². The SMILES string of the molecule is COc1ccc(-c2ccc(C)c(NC(=O)c3ccccc3OC)c2)nn1. The van der Waals surface area contributed by atoms with E-state index < -0.39 is 0 Å². The average Bonchev–Trinajstić information content (AvgIpc) is 2.69. The number of amides is 1. The summed E-state index contributed by atoms with van der Waals surface area (Å²) >= 11 is 0. The maximum Gasteiger partial charge on any atom is 0.259 e. The van der Waals surface area contributed by atoms with Crippen LogP contribution in [-0.4, -0.2) is 30.3 Å². The third kappa shape index (κ3) is 3.64. The molecule has 3 rings (SSSR count). The van der Waals surface area contributed by atoms with E-state index in [4.69, 9.17) is 9.47 Å². The highest BCUT2D eigenvalue weighted by atomic mass is 16.5. The van der Waals surface area contributed by atoms with Gasteiger partial charge in [-0.15, -0.1) is 10.2 Å². The van der Waals surface area contributed by atoms with Crippen LogP contribution >= 0.6 is 0 Å². The zero-order valence-corrected chi connectivity index (χ0v) is 14.8. The number of ether oxygens (including phenoxy) is 2. The Morgan fingerprint density at radius 3 is 2.46 bits per heavy atom. The number of hydrogen-bond acceptors (Lipinski definition) is 5. The van der Waals surface area contributed by atoms with Gasteiger partial charge in [0, 0.05) is 17.3 Å². The first-order valence-electron chi connectivity index (χ1n) is 8.05. The van der Waals surface area contributed by atoms with E-state index in [1.165, 1.54) is 0 Å². The van der Waals surface area contributed by atoms with E-state index in [0.29, 0.717) is 28.6 Å². The third-order valence-corrected chi connectivity index (χ3v) is 3.98. The zero-order valence-electron chi connectivity index (χ0n) is 14.8. The van der Waals surface area contributed by atoms with Gasteiger partial charge in [-0.25, -0.2) is 0 Å². The summed E-state index contributed by atoms with van der Waals surface area (Å²) in [6.07, 6.45) is 0. The number of aromatic nitrogens is 2. The first-order chi connectivity index (χ1) is 12.6. The molecule has 0 saturated heterocycles. The predicted molar refractivity (Wildman–Crippen MR) is 99.7 cm³/mol. The van der Waals surface area contributed by atoms with Crippen LogP contribution in [-0.2, 0) is 0 Å². The summed E-state index contributed by atoms with van der Waals surface area (Å²) < 4.78 is 10.3. The molecule has 1 amide bonds. The molecule has 0 radical (unpaired) electrons. The molecular formula is C20H19N3O3. The summed E-state index contributed by atoms with van der Waals surface area (Å²) in [6.45, 7) is 1.93. The number of carbonyl (C=O) groups excluding carboxylic acids is 1. The topological polar surface area (TPSA) is 73.3 Å². The Kier molecular flexibility index (Phi) is 5.12. The Hall–Kier alpha value is -3.41. The lowest BCUT2D eigenvalue weighted by Gasteiger charge is -2.12. The Bertz CT molecular complexity index is 924. The molecule has 0 spiro atoms. The second-order valence-corrected chi connectivity index (χ2v) is 5.65. The van der Waals surface area contributed by atoms with Gasteiger partial charge < -0.3 is 14.8 Å². The number of hydrogen-bond donors (Lipinski definition) is 1. The fourth-order valence-corrected chi connectivity index (χ4v) is 2.52. The standard InChI is InChI=1S/C20H19N3O3/c1-13-8-9-14(16-10-11-19(26-3)23-22-16)12-17(13)21-20(24)15-6-4-5-7-18(15)25-2/h4-12H,1-3H3,(H,21,24). The molecule has 0 saturated carbocycles. The highest BCUT2D eigenvalue weighted by molar-refractivity contribution is 6.06. The maximum atomic E-state index is 12.6. The molecule has 6 nitrogen and oxygen atoms in total. The molecule has 0 aliphatic heterocycles. The van der Waals surface area contributed by atoms with Crippen molar-refractivity contribution < 1.29 is 14.3 Å². The minimum atomic E-state index is -0.233. The number of nitrogens with zero attached hydrogens (tertiary/aromatic N) is 2. The van der Waals surface area contributed by atoms with Crippen molar-refractivity contribution in [1.82, 2.24) is 10.2 Å². The van der Waals surface area contributed by atoms with Crippen molar-refractivity contribution in [3.05, 3.63) is 65.7 Å². The molecule has 0 bridgehead atoms. The predicted octanol–water partition coefficient (Wildman–Crippen LogP) is 3.72. The van der Waals surface area contributed by atoms with E-state index in [9.17, 15) is 4.79 Å². The lowest BCUT2D eigenvalue weighted by atomic mass is 10.1. The molecular weight excluding hydrogens is 330 g/mol. The zero-order chi connectivity index (χ0) is 18.5. The van der Waals surface area contributed by atoms with E-state index in [0.717, 1.165) is 11.1 Å². The molecule has 2 aromatic carbocycles. The van der Waals surface area contributed by atoms with Gasteiger partial charge in [-0.05, 0) is 36.8 Å². The van der Waals surface area contributed by atoms with Crippen molar-refractivity contribution in [3.63, 3.8) is 0 Å². The number of benzene rings is 2. The molecule has 1 aromatic heterocycles. The van der Waals surface area contributed by atoms with Gasteiger partial charge in [0.2, 0.25) is 5.88 Å². The highest BCUT2D eigenvalue weighted by Crippen LogP contribution is 2.26. The van der Waals surface area contributed by atoms with Crippen LogP contribution in [0.4, 0.5) is 5.69 Å². The number of rotatable bonds is 5. The number of anilines is 1. The van der Waals surface area contributed by atoms with Crippen LogP contribution in [0.15, 0.2) is 54.6 Å². The van der Waals surface area contributed by atoms with Crippen molar-refractivity contribution in [2.75, 3.05) is 19.5 Å². The van der Waals surface area contributed by atoms with Gasteiger partial charge in [0.1, 0.15) is 5.75 Å². The summed E-state index contributed by atoms with van der Waals surface area (Å²) in [5.74, 6) is 0.744. The first-order valence-corrected chi connectivity index (χ1v) is 8.05. The summed E-state index contributed by atoms with van der Waals surface area (Å²) in [7, 11) is 3.08. The van der Waals surface area contributed by atoms with E-state index in [1.54, 1.807) is 38.5 Å². The van der Waals surface area contributed by atoms with Gasteiger partial charge in [-0.2, -0.15) is 0 Å². The fourth-order valence-electron chi connectivity index (χ4n) is 2.52. The number of carbonyl (C=O) groups is 1. The lowest BCUT2D eigenvalue weighted by Crippen LogP contribution is -2.14. The first kappa shape index (κ1) is 17.4. The Morgan fingerprint density at radius 2 is 1.77 bits per heavy atom. The van der Waals surface area contributed by atoms with Gasteiger partial charge in [0.05, 0.1) is 25.5 Å². The largest absolute Gasteiger partial charge is 0.496 e. The normalized spacial score (nSPS) is 10.3. The van der Waals surface area contributed by atoms with Crippen LogP contribution in [0.2, 0.25) is 0 Å². The van der Waals surface area contributed by atoms with Crippen LogP contribution in [0.1, 0.15) is 15.9 Å². The van der Waals surface area contributed by atoms with Crippen molar-refractivity contribution >= 4 is 11.6 Å². The molecule has 0 aliphatic carbocycles. The summed E-state index contributed by atoms with van der Waals surface area (Å²) in [5.41, 5.74) is 3.67. The summed E-state index contributed by atoms with van der Waals surface area (Å²) in [6, 6.07) is 16.4. The van der Waals surface area contributed by atoms with Crippen LogP contribution in [0.3, 0.4) is 0 Å². The smallest absolute Gasteiger partial charge is 0.259 e. The molecule has 6 heteroatoms. The molecule has 1 heterocycles. The van der Waals surface area contributed by atoms with Gasteiger partial charge in [0.25, 0.3) is 5.91 Å². The fraction of sp³-hybridized carbons (Fsp3) is 0.150. The van der Waals surface area contributed by atoms with Crippen LogP contribution < -0.4 is 14.8 Å². The minimum absolute atomic E-state index is 0.233. The van der Waals surface area contributed by atoms with E-state index >= 15 is 0 Å². The molecule has 1 N–H and O–H groups in total. The molecule has 0 aliphatic rings. The Morgan fingerprint density at radius 1 is 0.962 bits per heavy atom. The molecule has 0 fully saturated rings. The Balaban J connectivity index is 1.89. The quantitative estimate of drug-likeness (QED) is 0.760. The van der Waals surface area contributed by atoms with Crippen LogP contribution in [0.5, 0.6) is 11.6 Å². The summed E-state index contributed by atoms with van der Waals surface area (Å²) in [4.78, 5) is 12.6. The third-order valence-electron chi connectivity index (χ3n) is 3.98. The monoisotopic (exact) mass is 349 g/mol. The molecule has 3 aromatic rings. The number of methoxy groups -OCH3 is 2. The van der Waals surface area contributed by atoms with Crippen molar-refractivity contribution in [2.24, 2.45) is 0 Å². The molecule has 0 atom stereocenters. The average molecular weight is 349 g/mol. The van der Waals surface area contributed by atoms with Crippen molar-refractivity contribution in [3.8, 4) is 22.9 Å². The van der Waals surface area contributed by atoms with Crippen LogP contribution in [0.25, 0.3) is 11.3 Å². The minimum Gasteiger partial charge on any atom is -0.496 e. The van der Waals surface area contributed by atoms with E-state index in [1.807, 2.05) is 37.3 Å². The van der Waals surface area contributed by atoms with Gasteiger partial charge in [-0.1, -0.05) is 24.3 Å². The maximum absolute atomic E-state index is 12.6.